The zero-order chi connectivity index (χ0) is 29.8. The van der Waals surface area contributed by atoms with Crippen LogP contribution in [0.3, 0.4) is 0 Å². The molecule has 0 heterocycles. The zero-order valence-corrected chi connectivity index (χ0v) is 27.4. The van der Waals surface area contributed by atoms with Gasteiger partial charge in [-0.1, -0.05) is 106 Å². The molecule has 0 aliphatic carbocycles. The van der Waals surface area contributed by atoms with Crippen LogP contribution < -0.4 is 0 Å². The van der Waals surface area contributed by atoms with Crippen LogP contribution in [0.2, 0.25) is 0 Å². The number of methoxy groups -OCH3 is 2. The molecule has 4 nitrogen and oxygen atoms in total. The van der Waals surface area contributed by atoms with E-state index in [1.54, 1.807) is 14.2 Å². The molecule has 220 valence electrons. The van der Waals surface area contributed by atoms with Gasteiger partial charge in [-0.2, -0.15) is 11.8 Å². The largest absolute Gasteiger partial charge is 0.390 e. The first-order valence-corrected chi connectivity index (χ1v) is 15.2. The molecular formula is C34H54O4S. The van der Waals surface area contributed by atoms with E-state index in [-0.39, 0.29) is 10.8 Å². The predicted molar refractivity (Wildman–Crippen MR) is 167 cm³/mol. The molecule has 0 saturated carbocycles. The van der Waals surface area contributed by atoms with Crippen molar-refractivity contribution in [1.29, 1.82) is 0 Å². The smallest absolute Gasteiger partial charge is 0.0864 e. The van der Waals surface area contributed by atoms with Gasteiger partial charge in [-0.25, -0.2) is 0 Å². The van der Waals surface area contributed by atoms with E-state index >= 15 is 0 Å². The molecule has 0 aliphatic rings. The topological polar surface area (TPSA) is 58.9 Å². The van der Waals surface area contributed by atoms with Gasteiger partial charge < -0.3 is 19.7 Å². The minimum Gasteiger partial charge on any atom is -0.390 e. The van der Waals surface area contributed by atoms with Gasteiger partial charge in [0.2, 0.25) is 0 Å². The first-order valence-electron chi connectivity index (χ1n) is 14.1. The molecule has 0 radical (unpaired) electrons. The summed E-state index contributed by atoms with van der Waals surface area (Å²) in [7, 11) is 3.26. The molecular weight excluding hydrogens is 504 g/mol. The van der Waals surface area contributed by atoms with E-state index in [0.717, 1.165) is 22.6 Å². The summed E-state index contributed by atoms with van der Waals surface area (Å²) < 4.78 is 10.5. The van der Waals surface area contributed by atoms with Crippen LogP contribution in [0, 0.1) is 0 Å². The Bertz CT molecular complexity index is 990. The molecule has 0 amide bonds. The molecule has 39 heavy (non-hydrogen) atoms. The monoisotopic (exact) mass is 558 g/mol. The molecule has 0 bridgehead atoms. The number of hydrogen-bond acceptors (Lipinski definition) is 5. The summed E-state index contributed by atoms with van der Waals surface area (Å²) in [4.78, 5) is 0. The van der Waals surface area contributed by atoms with Gasteiger partial charge in [-0.05, 0) is 44.2 Å². The van der Waals surface area contributed by atoms with Crippen LogP contribution in [0.4, 0.5) is 0 Å². The van der Waals surface area contributed by atoms with Crippen LogP contribution in [-0.4, -0.2) is 49.9 Å². The second kappa shape index (κ2) is 13.1. The molecule has 5 heteroatoms. The quantitative estimate of drug-likeness (QED) is 0.287. The fourth-order valence-corrected chi connectivity index (χ4v) is 5.47. The number of benzene rings is 2. The number of aliphatic hydroxyl groups excluding tert-OH is 2. The van der Waals surface area contributed by atoms with Crippen LogP contribution in [0.5, 0.6) is 0 Å². The fraction of sp³-hybridized carbons (Fsp3) is 0.647. The molecule has 0 aliphatic heterocycles. The van der Waals surface area contributed by atoms with Crippen LogP contribution in [0.1, 0.15) is 103 Å². The van der Waals surface area contributed by atoms with E-state index in [1.165, 1.54) is 22.3 Å². The lowest BCUT2D eigenvalue weighted by Gasteiger charge is -2.33. The molecule has 0 fully saturated rings. The predicted octanol–water partition coefficient (Wildman–Crippen LogP) is 7.28. The molecule has 2 aromatic carbocycles. The van der Waals surface area contributed by atoms with Crippen molar-refractivity contribution in [3.8, 4) is 0 Å². The Morgan fingerprint density at radius 2 is 0.872 bits per heavy atom. The molecule has 0 saturated heterocycles. The third-order valence-corrected chi connectivity index (χ3v) is 9.13. The Balaban J connectivity index is 2.39. The van der Waals surface area contributed by atoms with Crippen molar-refractivity contribution in [2.24, 2.45) is 0 Å². The molecule has 2 atom stereocenters. The van der Waals surface area contributed by atoms with E-state index < -0.39 is 23.0 Å². The van der Waals surface area contributed by atoms with E-state index in [4.69, 9.17) is 9.47 Å². The number of aliphatic hydroxyl groups is 2. The van der Waals surface area contributed by atoms with Crippen molar-refractivity contribution in [3.63, 3.8) is 0 Å². The van der Waals surface area contributed by atoms with E-state index in [9.17, 15) is 10.2 Å². The molecule has 2 N–H and O–H groups in total. The van der Waals surface area contributed by atoms with E-state index in [2.05, 4.69) is 106 Å². The van der Waals surface area contributed by atoms with E-state index in [0.29, 0.717) is 13.2 Å². The highest BCUT2D eigenvalue weighted by atomic mass is 32.2. The average Bonchev–Trinajstić information content (AvgIpc) is 2.83. The van der Waals surface area contributed by atoms with Crippen molar-refractivity contribution in [2.75, 3.05) is 27.4 Å². The van der Waals surface area contributed by atoms with Crippen molar-refractivity contribution in [3.05, 3.63) is 69.8 Å². The second-order valence-electron chi connectivity index (χ2n) is 14.2. The minimum absolute atomic E-state index is 0.00226. The maximum Gasteiger partial charge on any atom is 0.0864 e. The summed E-state index contributed by atoms with van der Waals surface area (Å²) in [5.41, 5.74) is 6.51. The van der Waals surface area contributed by atoms with Gasteiger partial charge >= 0.3 is 0 Å². The number of hydrogen-bond donors (Lipinski definition) is 2. The highest BCUT2D eigenvalue weighted by molar-refractivity contribution is 7.97. The number of thioether (sulfide) groups is 1. The summed E-state index contributed by atoms with van der Waals surface area (Å²) in [5.74, 6) is 1.75. The van der Waals surface area contributed by atoms with Crippen LogP contribution in [0.15, 0.2) is 36.4 Å². The zero-order valence-electron chi connectivity index (χ0n) is 26.6. The minimum atomic E-state index is -0.589. The highest BCUT2D eigenvalue weighted by Gasteiger charge is 2.33. The average molecular weight is 559 g/mol. The maximum absolute atomic E-state index is 10.8. The number of ether oxygens (including phenoxy) is 2. The van der Waals surface area contributed by atoms with Crippen molar-refractivity contribution < 1.29 is 19.7 Å². The molecule has 0 spiro atoms. The van der Waals surface area contributed by atoms with Gasteiger partial charge in [0, 0.05) is 36.6 Å². The summed E-state index contributed by atoms with van der Waals surface area (Å²) in [6.07, 6.45) is -1.18. The molecule has 2 rings (SSSR count). The van der Waals surface area contributed by atoms with Gasteiger partial charge in [-0.3, -0.25) is 0 Å². The lowest BCUT2D eigenvalue weighted by molar-refractivity contribution is 0.0201. The molecule has 0 aromatic heterocycles. The van der Waals surface area contributed by atoms with Gasteiger partial charge in [0.15, 0.2) is 0 Å². The summed E-state index contributed by atoms with van der Waals surface area (Å²) in [6.45, 7) is 22.4. The van der Waals surface area contributed by atoms with E-state index in [1.807, 2.05) is 11.8 Å². The summed E-state index contributed by atoms with van der Waals surface area (Å²) in [6, 6.07) is 13.6. The number of rotatable bonds is 12. The van der Waals surface area contributed by atoms with Crippen molar-refractivity contribution >= 4 is 11.8 Å². The lowest BCUT2D eigenvalue weighted by atomic mass is 9.76. The molecule has 2 aromatic rings. The summed E-state index contributed by atoms with van der Waals surface area (Å²) in [5, 5.41) is 21.7. The SMILES string of the molecule is COCC(O)C(C)(C)c1cc(CSCc2cc(C(C)(C)C)cc(C(C)(C)C(O)COC)c2)cc(C(C)(C)C)c1. The fourth-order valence-electron chi connectivity index (χ4n) is 4.56. The maximum atomic E-state index is 10.8. The standard InChI is InChI=1S/C34H54O4S/c1-31(2,3)25-13-23(15-27(17-25)33(7,8)29(35)19-37-11)21-39-22-24-14-26(32(4,5)6)18-28(16-24)34(9,10)30(36)20-38-12/h13-18,29-30,35-36H,19-22H2,1-12H3. The molecule has 2 unspecified atom stereocenters. The Kier molecular flexibility index (Phi) is 11.3. The normalized spacial score (nSPS) is 14.9. The van der Waals surface area contributed by atoms with Gasteiger partial charge in [0.05, 0.1) is 25.4 Å². The van der Waals surface area contributed by atoms with Crippen LogP contribution in [0.25, 0.3) is 0 Å². The van der Waals surface area contributed by atoms with Gasteiger partial charge in [0.25, 0.3) is 0 Å². The Hall–Kier alpha value is -1.37. The van der Waals surface area contributed by atoms with Gasteiger partial charge in [-0.15, -0.1) is 0 Å². The first-order chi connectivity index (χ1) is 17.8. The lowest BCUT2D eigenvalue weighted by Crippen LogP contribution is -2.37. The Morgan fingerprint density at radius 1 is 0.564 bits per heavy atom. The third-order valence-electron chi connectivity index (χ3n) is 8.06. The van der Waals surface area contributed by atoms with Crippen LogP contribution in [-0.2, 0) is 42.6 Å². The first kappa shape index (κ1) is 33.8. The van der Waals surface area contributed by atoms with Crippen molar-refractivity contribution in [2.45, 2.75) is 115 Å². The van der Waals surface area contributed by atoms with Crippen molar-refractivity contribution in [1.82, 2.24) is 0 Å². The third kappa shape index (κ3) is 8.81. The van der Waals surface area contributed by atoms with Gasteiger partial charge in [0.1, 0.15) is 0 Å². The second-order valence-corrected chi connectivity index (χ2v) is 15.2. The Labute approximate surface area is 242 Å². The van der Waals surface area contributed by atoms with Crippen LogP contribution >= 0.6 is 11.8 Å². The summed E-state index contributed by atoms with van der Waals surface area (Å²) >= 11 is 1.90. The highest BCUT2D eigenvalue weighted by Crippen LogP contribution is 2.36. The Morgan fingerprint density at radius 3 is 1.15 bits per heavy atom.